The Morgan fingerprint density at radius 2 is 1.56 bits per heavy atom. The maximum absolute atomic E-state index is 11.7. The van der Waals surface area contributed by atoms with Crippen molar-refractivity contribution in [2.24, 2.45) is 0 Å². The van der Waals surface area contributed by atoms with Crippen LogP contribution in [0.25, 0.3) is 0 Å². The van der Waals surface area contributed by atoms with E-state index in [1.807, 2.05) is 0 Å². The van der Waals surface area contributed by atoms with E-state index in [9.17, 15) is 9.90 Å². The molecule has 2 aliphatic rings. The molecule has 4 nitrogen and oxygen atoms in total. The molecule has 2 unspecified atom stereocenters. The van der Waals surface area contributed by atoms with Crippen LogP contribution in [-0.2, 0) is 0 Å². The summed E-state index contributed by atoms with van der Waals surface area (Å²) in [6.07, 6.45) is 8.17. The standard InChI is InChI=1S/C12H22N2O2/c15-11-8-4-3-7-10(11)14-12(16)13-9-5-1-2-6-9/h9-11,15H,1-8H2,(H2,13,14,16). The third-order valence-electron chi connectivity index (χ3n) is 3.74. The second-order valence-corrected chi connectivity index (χ2v) is 5.06. The van der Waals surface area contributed by atoms with Gasteiger partial charge >= 0.3 is 6.03 Å². The second-order valence-electron chi connectivity index (χ2n) is 5.06. The highest BCUT2D eigenvalue weighted by molar-refractivity contribution is 5.74. The van der Waals surface area contributed by atoms with Crippen LogP contribution in [0.1, 0.15) is 51.4 Å². The van der Waals surface area contributed by atoms with E-state index in [1.54, 1.807) is 0 Å². The van der Waals surface area contributed by atoms with E-state index >= 15 is 0 Å². The third kappa shape index (κ3) is 3.11. The fourth-order valence-corrected chi connectivity index (χ4v) is 2.75. The molecule has 0 aromatic heterocycles. The lowest BCUT2D eigenvalue weighted by Gasteiger charge is -2.28. The van der Waals surface area contributed by atoms with Gasteiger partial charge in [0.25, 0.3) is 0 Å². The van der Waals surface area contributed by atoms with Crippen LogP contribution in [-0.4, -0.2) is 29.3 Å². The zero-order chi connectivity index (χ0) is 11.4. The minimum Gasteiger partial charge on any atom is -0.391 e. The molecule has 92 valence electrons. The number of amides is 2. The van der Waals surface area contributed by atoms with Gasteiger partial charge in [-0.2, -0.15) is 0 Å². The lowest BCUT2D eigenvalue weighted by atomic mass is 9.93. The van der Waals surface area contributed by atoms with Crippen LogP contribution in [0.3, 0.4) is 0 Å². The molecule has 0 spiro atoms. The molecule has 2 aliphatic carbocycles. The fraction of sp³-hybridized carbons (Fsp3) is 0.917. The Labute approximate surface area is 96.8 Å². The largest absolute Gasteiger partial charge is 0.391 e. The molecule has 0 aromatic carbocycles. The first-order chi connectivity index (χ1) is 7.75. The van der Waals surface area contributed by atoms with Crippen LogP contribution >= 0.6 is 0 Å². The van der Waals surface area contributed by atoms with Crippen molar-refractivity contribution in [2.45, 2.75) is 69.6 Å². The molecule has 3 N–H and O–H groups in total. The molecule has 4 heteroatoms. The van der Waals surface area contributed by atoms with Gasteiger partial charge in [-0.3, -0.25) is 0 Å². The summed E-state index contributed by atoms with van der Waals surface area (Å²) < 4.78 is 0. The van der Waals surface area contributed by atoms with Crippen LogP contribution in [0.2, 0.25) is 0 Å². The Balaban J connectivity index is 1.72. The number of rotatable bonds is 2. The van der Waals surface area contributed by atoms with Crippen molar-refractivity contribution in [3.05, 3.63) is 0 Å². The van der Waals surface area contributed by atoms with E-state index < -0.39 is 0 Å². The van der Waals surface area contributed by atoms with Crippen LogP contribution < -0.4 is 10.6 Å². The van der Waals surface area contributed by atoms with Gasteiger partial charge in [0.1, 0.15) is 0 Å². The lowest BCUT2D eigenvalue weighted by Crippen LogP contribution is -2.50. The average Bonchev–Trinajstić information content (AvgIpc) is 2.74. The first kappa shape index (κ1) is 11.7. The summed E-state index contributed by atoms with van der Waals surface area (Å²) in [4.78, 5) is 11.7. The predicted molar refractivity (Wildman–Crippen MR) is 62.2 cm³/mol. The van der Waals surface area contributed by atoms with Crippen LogP contribution in [0.5, 0.6) is 0 Å². The van der Waals surface area contributed by atoms with Crippen molar-refractivity contribution in [3.63, 3.8) is 0 Å². The normalized spacial score (nSPS) is 31.3. The Bertz CT molecular complexity index is 239. The van der Waals surface area contributed by atoms with Crippen molar-refractivity contribution in [1.82, 2.24) is 10.6 Å². The average molecular weight is 226 g/mol. The number of urea groups is 1. The van der Waals surface area contributed by atoms with Gasteiger partial charge in [0.15, 0.2) is 0 Å². The van der Waals surface area contributed by atoms with Gasteiger partial charge in [-0.25, -0.2) is 4.79 Å². The molecule has 0 aliphatic heterocycles. The van der Waals surface area contributed by atoms with Crippen molar-refractivity contribution in [3.8, 4) is 0 Å². The van der Waals surface area contributed by atoms with Gasteiger partial charge in [-0.05, 0) is 25.7 Å². The van der Waals surface area contributed by atoms with Gasteiger partial charge in [0.2, 0.25) is 0 Å². The summed E-state index contributed by atoms with van der Waals surface area (Å²) in [6, 6.07) is 0.203. The maximum Gasteiger partial charge on any atom is 0.315 e. The molecule has 0 saturated heterocycles. The Morgan fingerprint density at radius 1 is 0.938 bits per heavy atom. The summed E-state index contributed by atoms with van der Waals surface area (Å²) in [7, 11) is 0. The van der Waals surface area contributed by atoms with Gasteiger partial charge < -0.3 is 15.7 Å². The summed E-state index contributed by atoms with van der Waals surface area (Å²) >= 11 is 0. The Kier molecular flexibility index (Phi) is 4.04. The van der Waals surface area contributed by atoms with Crippen LogP contribution in [0.4, 0.5) is 4.79 Å². The molecule has 2 saturated carbocycles. The number of hydrogen-bond donors (Lipinski definition) is 3. The fourth-order valence-electron chi connectivity index (χ4n) is 2.75. The first-order valence-corrected chi connectivity index (χ1v) is 6.51. The van der Waals surface area contributed by atoms with Crippen LogP contribution in [0.15, 0.2) is 0 Å². The number of carbonyl (C=O) groups excluding carboxylic acids is 1. The highest BCUT2D eigenvalue weighted by atomic mass is 16.3. The summed E-state index contributed by atoms with van der Waals surface area (Å²) in [5, 5.41) is 15.6. The minimum absolute atomic E-state index is 0.0462. The van der Waals surface area contributed by atoms with Crippen molar-refractivity contribution in [1.29, 1.82) is 0 Å². The molecule has 0 radical (unpaired) electrons. The predicted octanol–water partition coefficient (Wildman–Crippen LogP) is 1.53. The summed E-state index contributed by atoms with van der Waals surface area (Å²) in [5.74, 6) is 0. The SMILES string of the molecule is O=C(NC1CCCC1)NC1CCCCC1O. The molecule has 2 rings (SSSR count). The smallest absolute Gasteiger partial charge is 0.315 e. The number of nitrogens with one attached hydrogen (secondary N) is 2. The van der Waals surface area contributed by atoms with Gasteiger partial charge in [0.05, 0.1) is 12.1 Å². The second kappa shape index (κ2) is 5.53. The molecule has 0 bridgehead atoms. The van der Waals surface area contributed by atoms with Crippen molar-refractivity contribution in [2.75, 3.05) is 0 Å². The van der Waals surface area contributed by atoms with Gasteiger partial charge in [0, 0.05) is 6.04 Å². The molecule has 2 atom stereocenters. The van der Waals surface area contributed by atoms with Crippen molar-refractivity contribution < 1.29 is 9.90 Å². The van der Waals surface area contributed by atoms with E-state index in [-0.39, 0.29) is 18.2 Å². The summed E-state index contributed by atoms with van der Waals surface area (Å²) in [5.41, 5.74) is 0. The molecular formula is C12H22N2O2. The first-order valence-electron chi connectivity index (χ1n) is 6.51. The Hall–Kier alpha value is -0.770. The zero-order valence-corrected chi connectivity index (χ0v) is 9.74. The number of aliphatic hydroxyl groups excluding tert-OH is 1. The molecule has 16 heavy (non-hydrogen) atoms. The van der Waals surface area contributed by atoms with E-state index in [0.29, 0.717) is 6.04 Å². The van der Waals surface area contributed by atoms with E-state index in [0.717, 1.165) is 38.5 Å². The molecule has 0 aromatic rings. The number of hydrogen-bond acceptors (Lipinski definition) is 2. The van der Waals surface area contributed by atoms with Gasteiger partial charge in [-0.1, -0.05) is 25.7 Å². The molecule has 2 fully saturated rings. The van der Waals surface area contributed by atoms with Crippen LogP contribution in [0, 0.1) is 0 Å². The summed E-state index contributed by atoms with van der Waals surface area (Å²) in [6.45, 7) is 0. The highest BCUT2D eigenvalue weighted by Crippen LogP contribution is 2.19. The highest BCUT2D eigenvalue weighted by Gasteiger charge is 2.25. The lowest BCUT2D eigenvalue weighted by molar-refractivity contribution is 0.0940. The topological polar surface area (TPSA) is 61.4 Å². The maximum atomic E-state index is 11.7. The molecule has 2 amide bonds. The van der Waals surface area contributed by atoms with E-state index in [2.05, 4.69) is 10.6 Å². The van der Waals surface area contributed by atoms with E-state index in [4.69, 9.17) is 0 Å². The molecular weight excluding hydrogens is 204 g/mol. The third-order valence-corrected chi connectivity index (χ3v) is 3.74. The minimum atomic E-state index is -0.358. The van der Waals surface area contributed by atoms with E-state index in [1.165, 1.54) is 12.8 Å². The zero-order valence-electron chi connectivity index (χ0n) is 9.74. The number of aliphatic hydroxyl groups is 1. The Morgan fingerprint density at radius 3 is 2.25 bits per heavy atom. The van der Waals surface area contributed by atoms with Crippen molar-refractivity contribution >= 4 is 6.03 Å². The van der Waals surface area contributed by atoms with Gasteiger partial charge in [-0.15, -0.1) is 0 Å². The molecule has 0 heterocycles. The monoisotopic (exact) mass is 226 g/mol. The quantitative estimate of drug-likeness (QED) is 0.668. The number of carbonyl (C=O) groups is 1.